The van der Waals surface area contributed by atoms with Crippen molar-refractivity contribution in [2.75, 3.05) is 7.11 Å². The van der Waals surface area contributed by atoms with E-state index in [-0.39, 0.29) is 17.9 Å². The minimum Gasteiger partial charge on any atom is -0.480 e. The van der Waals surface area contributed by atoms with Crippen molar-refractivity contribution >= 4 is 5.78 Å². The molecule has 5 heteroatoms. The first kappa shape index (κ1) is 15.0. The summed E-state index contributed by atoms with van der Waals surface area (Å²) in [4.78, 5) is 24.2. The molecule has 0 fully saturated rings. The van der Waals surface area contributed by atoms with E-state index in [1.165, 1.54) is 19.2 Å². The molecule has 0 amide bonds. The minimum absolute atomic E-state index is 0.0965. The maximum Gasteiger partial charge on any atom is 0.267 e. The van der Waals surface area contributed by atoms with Crippen molar-refractivity contribution in [2.45, 2.75) is 27.3 Å². The molecule has 0 aliphatic rings. The zero-order valence-electron chi connectivity index (χ0n) is 12.6. The molecular weight excluding hydrogens is 268 g/mol. The molecule has 1 heterocycles. The number of ether oxygens (including phenoxy) is 1. The van der Waals surface area contributed by atoms with E-state index >= 15 is 0 Å². The van der Waals surface area contributed by atoms with Crippen molar-refractivity contribution in [3.8, 4) is 5.88 Å². The van der Waals surface area contributed by atoms with Crippen LogP contribution in [-0.4, -0.2) is 22.7 Å². The van der Waals surface area contributed by atoms with Crippen LogP contribution in [0.2, 0.25) is 0 Å². The number of aromatic nitrogens is 2. The number of aryl methyl sites for hydroxylation is 3. The highest BCUT2D eigenvalue weighted by molar-refractivity contribution is 5.98. The van der Waals surface area contributed by atoms with Gasteiger partial charge in [-0.05, 0) is 31.9 Å². The zero-order valence-corrected chi connectivity index (χ0v) is 12.6. The van der Waals surface area contributed by atoms with Gasteiger partial charge in [-0.15, -0.1) is 5.10 Å². The molecule has 0 saturated heterocycles. The number of benzene rings is 1. The lowest BCUT2D eigenvalue weighted by atomic mass is 9.96. The van der Waals surface area contributed by atoms with Gasteiger partial charge >= 0.3 is 0 Å². The summed E-state index contributed by atoms with van der Waals surface area (Å²) in [7, 11) is 1.47. The topological polar surface area (TPSA) is 61.2 Å². The van der Waals surface area contributed by atoms with Crippen molar-refractivity contribution in [3.63, 3.8) is 0 Å². The Morgan fingerprint density at radius 2 is 1.81 bits per heavy atom. The molecule has 2 aromatic rings. The monoisotopic (exact) mass is 286 g/mol. The number of methoxy groups -OCH3 is 1. The van der Waals surface area contributed by atoms with E-state index in [4.69, 9.17) is 4.74 Å². The van der Waals surface area contributed by atoms with E-state index in [1.54, 1.807) is 0 Å². The molecule has 2 rings (SSSR count). The summed E-state index contributed by atoms with van der Waals surface area (Å²) in [6, 6.07) is 6.74. The molecule has 0 radical (unpaired) electrons. The zero-order chi connectivity index (χ0) is 15.6. The number of ketones is 1. The van der Waals surface area contributed by atoms with Gasteiger partial charge in [-0.25, -0.2) is 4.68 Å². The number of carbonyl (C=O) groups is 1. The number of Topliss-reactive ketones (excluding diaryl/α,β-unsaturated/α-hetero) is 1. The highest BCUT2D eigenvalue weighted by atomic mass is 16.5. The first-order chi connectivity index (χ1) is 9.92. The Balaban J connectivity index is 2.37. The molecule has 1 aromatic carbocycles. The smallest absolute Gasteiger partial charge is 0.267 e. The van der Waals surface area contributed by atoms with Gasteiger partial charge in [-0.1, -0.05) is 17.7 Å². The van der Waals surface area contributed by atoms with Gasteiger partial charge in [0.1, 0.15) is 6.54 Å². The van der Waals surface area contributed by atoms with Gasteiger partial charge in [0.2, 0.25) is 5.88 Å². The molecule has 0 spiro atoms. The van der Waals surface area contributed by atoms with Crippen molar-refractivity contribution in [3.05, 3.63) is 56.9 Å². The Bertz CT molecular complexity index is 724. The number of carbonyl (C=O) groups excluding carboxylic acids is 1. The summed E-state index contributed by atoms with van der Waals surface area (Å²) in [6.07, 6.45) is 0. The summed E-state index contributed by atoms with van der Waals surface area (Å²) in [6.45, 7) is 5.69. The Kier molecular flexibility index (Phi) is 4.21. The fraction of sp³-hybridized carbons (Fsp3) is 0.312. The van der Waals surface area contributed by atoms with E-state index in [0.717, 1.165) is 21.4 Å². The van der Waals surface area contributed by atoms with Crippen molar-refractivity contribution in [1.82, 2.24) is 9.78 Å². The number of rotatable bonds is 4. The predicted octanol–water partition coefficient (Wildman–Crippen LogP) is 2.06. The average molecular weight is 286 g/mol. The molecule has 1 aromatic heterocycles. The van der Waals surface area contributed by atoms with Crippen LogP contribution in [0.5, 0.6) is 5.88 Å². The Hall–Kier alpha value is -2.43. The Morgan fingerprint density at radius 3 is 2.38 bits per heavy atom. The second-order valence-electron chi connectivity index (χ2n) is 5.07. The van der Waals surface area contributed by atoms with Crippen LogP contribution in [0.4, 0.5) is 0 Å². The third-order valence-electron chi connectivity index (χ3n) is 3.30. The van der Waals surface area contributed by atoms with Crippen molar-refractivity contribution in [1.29, 1.82) is 0 Å². The van der Waals surface area contributed by atoms with E-state index in [0.29, 0.717) is 11.4 Å². The average Bonchev–Trinajstić information content (AvgIpc) is 2.40. The standard InChI is InChI=1S/C16H18N2O3/c1-10-7-11(2)16(12(3)8-10)13(19)9-18-15(20)6-5-14(17-18)21-4/h5-8H,9H2,1-4H3. The maximum atomic E-state index is 12.5. The van der Waals surface area contributed by atoms with Crippen LogP contribution in [0.1, 0.15) is 27.0 Å². The molecule has 0 N–H and O–H groups in total. The number of hydrogen-bond acceptors (Lipinski definition) is 4. The van der Waals surface area contributed by atoms with E-state index in [1.807, 2.05) is 32.9 Å². The molecule has 0 bridgehead atoms. The van der Waals surface area contributed by atoms with Gasteiger partial charge in [-0.3, -0.25) is 9.59 Å². The highest BCUT2D eigenvalue weighted by Gasteiger charge is 2.15. The molecule has 0 unspecified atom stereocenters. The lowest BCUT2D eigenvalue weighted by Gasteiger charge is -2.11. The number of nitrogens with zero attached hydrogens (tertiary/aromatic N) is 2. The summed E-state index contributed by atoms with van der Waals surface area (Å²) < 4.78 is 6.10. The lowest BCUT2D eigenvalue weighted by Crippen LogP contribution is -2.26. The van der Waals surface area contributed by atoms with Gasteiger partial charge in [0.05, 0.1) is 7.11 Å². The molecule has 0 saturated carbocycles. The predicted molar refractivity (Wildman–Crippen MR) is 80.0 cm³/mol. The molecule has 5 nitrogen and oxygen atoms in total. The van der Waals surface area contributed by atoms with Gasteiger partial charge in [0, 0.05) is 17.7 Å². The molecular formula is C16H18N2O3. The van der Waals surface area contributed by atoms with E-state index in [9.17, 15) is 9.59 Å². The van der Waals surface area contributed by atoms with Crippen LogP contribution >= 0.6 is 0 Å². The normalized spacial score (nSPS) is 10.5. The van der Waals surface area contributed by atoms with Gasteiger partial charge in [-0.2, -0.15) is 0 Å². The third kappa shape index (κ3) is 3.18. The molecule has 21 heavy (non-hydrogen) atoms. The maximum absolute atomic E-state index is 12.5. The largest absolute Gasteiger partial charge is 0.480 e. The Labute approximate surface area is 123 Å². The second-order valence-corrected chi connectivity index (χ2v) is 5.07. The lowest BCUT2D eigenvalue weighted by molar-refractivity contribution is 0.0963. The summed E-state index contributed by atoms with van der Waals surface area (Å²) in [5, 5.41) is 3.99. The first-order valence-corrected chi connectivity index (χ1v) is 6.65. The van der Waals surface area contributed by atoms with Crippen LogP contribution in [-0.2, 0) is 6.54 Å². The van der Waals surface area contributed by atoms with Gasteiger partial charge < -0.3 is 4.74 Å². The second kappa shape index (κ2) is 5.91. The van der Waals surface area contributed by atoms with Crippen LogP contribution in [0, 0.1) is 20.8 Å². The van der Waals surface area contributed by atoms with Crippen molar-refractivity contribution < 1.29 is 9.53 Å². The summed E-state index contributed by atoms with van der Waals surface area (Å²) in [5.74, 6) is 0.174. The van der Waals surface area contributed by atoms with Crippen LogP contribution in [0.25, 0.3) is 0 Å². The van der Waals surface area contributed by atoms with Gasteiger partial charge in [0.25, 0.3) is 5.56 Å². The summed E-state index contributed by atoms with van der Waals surface area (Å²) in [5.41, 5.74) is 3.25. The van der Waals surface area contributed by atoms with Crippen LogP contribution in [0.15, 0.2) is 29.1 Å². The van der Waals surface area contributed by atoms with Crippen LogP contribution in [0.3, 0.4) is 0 Å². The van der Waals surface area contributed by atoms with Crippen molar-refractivity contribution in [2.24, 2.45) is 0 Å². The van der Waals surface area contributed by atoms with E-state index in [2.05, 4.69) is 5.10 Å². The third-order valence-corrected chi connectivity index (χ3v) is 3.30. The first-order valence-electron chi connectivity index (χ1n) is 6.65. The quantitative estimate of drug-likeness (QED) is 0.807. The molecule has 110 valence electrons. The highest BCUT2D eigenvalue weighted by Crippen LogP contribution is 2.17. The molecule has 0 aliphatic carbocycles. The summed E-state index contributed by atoms with van der Waals surface area (Å²) >= 11 is 0. The minimum atomic E-state index is -0.327. The Morgan fingerprint density at radius 1 is 1.19 bits per heavy atom. The molecule has 0 atom stereocenters. The van der Waals surface area contributed by atoms with Gasteiger partial charge in [0.15, 0.2) is 5.78 Å². The SMILES string of the molecule is COc1ccc(=O)n(CC(=O)c2c(C)cc(C)cc2C)n1. The number of hydrogen-bond donors (Lipinski definition) is 0. The fourth-order valence-corrected chi connectivity index (χ4v) is 2.49. The van der Waals surface area contributed by atoms with E-state index < -0.39 is 0 Å². The fourth-order valence-electron chi connectivity index (χ4n) is 2.49. The molecule has 0 aliphatic heterocycles. The van der Waals surface area contributed by atoms with Crippen LogP contribution < -0.4 is 10.3 Å².